The maximum absolute atomic E-state index is 12.0. The molecule has 0 aliphatic rings. The summed E-state index contributed by atoms with van der Waals surface area (Å²) in [5.74, 6) is 1.11. The third-order valence-corrected chi connectivity index (χ3v) is 3.42. The summed E-state index contributed by atoms with van der Waals surface area (Å²) >= 11 is 1.74. The third kappa shape index (κ3) is 4.65. The van der Waals surface area contributed by atoms with Gasteiger partial charge in [0.2, 0.25) is 0 Å². The summed E-state index contributed by atoms with van der Waals surface area (Å²) in [4.78, 5) is 14.9. The number of carbonyl (C=O) groups is 1. The van der Waals surface area contributed by atoms with Gasteiger partial charge in [-0.15, -0.1) is 11.8 Å². The van der Waals surface area contributed by atoms with Crippen molar-refractivity contribution < 1.29 is 4.79 Å². The first-order valence-corrected chi connectivity index (χ1v) is 6.74. The average molecular weight is 249 g/mol. The topological polar surface area (TPSA) is 20.3 Å². The highest BCUT2D eigenvalue weighted by atomic mass is 32.2. The van der Waals surface area contributed by atoms with Gasteiger partial charge in [0.25, 0.3) is 0 Å². The molecule has 0 amide bonds. The SMILES string of the molecule is CCCSc1ccccc1C(=O)/C=C/N(C)C. The molecule has 17 heavy (non-hydrogen) atoms. The molecule has 0 unspecified atom stereocenters. The van der Waals surface area contributed by atoms with Crippen LogP contribution in [0.15, 0.2) is 41.4 Å². The number of carbonyl (C=O) groups excluding carboxylic acids is 1. The largest absolute Gasteiger partial charge is 0.383 e. The van der Waals surface area contributed by atoms with Crippen molar-refractivity contribution in [1.29, 1.82) is 0 Å². The molecule has 0 heterocycles. The quantitative estimate of drug-likeness (QED) is 0.437. The zero-order valence-corrected chi connectivity index (χ0v) is 11.5. The number of hydrogen-bond acceptors (Lipinski definition) is 3. The Morgan fingerprint density at radius 1 is 1.35 bits per heavy atom. The van der Waals surface area contributed by atoms with Gasteiger partial charge in [-0.05, 0) is 24.3 Å². The predicted octanol–water partition coefficient (Wildman–Crippen LogP) is 3.45. The molecule has 0 spiro atoms. The van der Waals surface area contributed by atoms with Crippen molar-refractivity contribution in [3.8, 4) is 0 Å². The van der Waals surface area contributed by atoms with E-state index >= 15 is 0 Å². The average Bonchev–Trinajstić information content (AvgIpc) is 2.33. The molecule has 2 nitrogen and oxygen atoms in total. The molecule has 92 valence electrons. The molecule has 0 atom stereocenters. The van der Waals surface area contributed by atoms with E-state index < -0.39 is 0 Å². The number of ketones is 1. The van der Waals surface area contributed by atoms with Crippen LogP contribution in [-0.2, 0) is 0 Å². The van der Waals surface area contributed by atoms with E-state index in [1.54, 1.807) is 24.0 Å². The van der Waals surface area contributed by atoms with Crippen molar-refractivity contribution in [3.63, 3.8) is 0 Å². The Balaban J connectivity index is 2.85. The summed E-state index contributed by atoms with van der Waals surface area (Å²) in [6.45, 7) is 2.14. The smallest absolute Gasteiger partial charge is 0.188 e. The van der Waals surface area contributed by atoms with E-state index in [4.69, 9.17) is 0 Å². The van der Waals surface area contributed by atoms with Gasteiger partial charge in [-0.25, -0.2) is 0 Å². The Hall–Kier alpha value is -1.22. The van der Waals surface area contributed by atoms with Crippen molar-refractivity contribution in [1.82, 2.24) is 4.90 Å². The highest BCUT2D eigenvalue weighted by molar-refractivity contribution is 7.99. The molecule has 0 saturated heterocycles. The van der Waals surface area contributed by atoms with Gasteiger partial charge in [0.15, 0.2) is 5.78 Å². The van der Waals surface area contributed by atoms with Crippen LogP contribution < -0.4 is 0 Å². The van der Waals surface area contributed by atoms with E-state index in [9.17, 15) is 4.79 Å². The Bertz CT molecular complexity index is 399. The van der Waals surface area contributed by atoms with Crippen LogP contribution in [0.2, 0.25) is 0 Å². The predicted molar refractivity (Wildman–Crippen MR) is 74.6 cm³/mol. The maximum Gasteiger partial charge on any atom is 0.188 e. The van der Waals surface area contributed by atoms with E-state index in [1.165, 1.54) is 0 Å². The number of hydrogen-bond donors (Lipinski definition) is 0. The fourth-order valence-corrected chi connectivity index (χ4v) is 2.24. The highest BCUT2D eigenvalue weighted by Gasteiger charge is 2.07. The van der Waals surface area contributed by atoms with Crippen LogP contribution in [0.1, 0.15) is 23.7 Å². The van der Waals surface area contributed by atoms with Gasteiger partial charge in [-0.3, -0.25) is 4.79 Å². The maximum atomic E-state index is 12.0. The Morgan fingerprint density at radius 3 is 2.71 bits per heavy atom. The minimum atomic E-state index is 0.0675. The van der Waals surface area contributed by atoms with Gasteiger partial charge in [-0.1, -0.05) is 19.1 Å². The summed E-state index contributed by atoms with van der Waals surface area (Å²) in [7, 11) is 3.81. The summed E-state index contributed by atoms with van der Waals surface area (Å²) in [6.07, 6.45) is 4.51. The van der Waals surface area contributed by atoms with Crippen molar-refractivity contribution in [3.05, 3.63) is 42.1 Å². The zero-order chi connectivity index (χ0) is 12.7. The fourth-order valence-electron chi connectivity index (χ4n) is 1.31. The first-order chi connectivity index (χ1) is 8.15. The molecule has 0 aliphatic heterocycles. The minimum Gasteiger partial charge on any atom is -0.383 e. The van der Waals surface area contributed by atoms with E-state index in [1.807, 2.05) is 43.3 Å². The lowest BCUT2D eigenvalue weighted by Crippen LogP contribution is -2.04. The second-order valence-electron chi connectivity index (χ2n) is 3.99. The van der Waals surface area contributed by atoms with Gasteiger partial charge in [0.05, 0.1) is 0 Å². The van der Waals surface area contributed by atoms with Gasteiger partial charge < -0.3 is 4.90 Å². The van der Waals surface area contributed by atoms with E-state index in [-0.39, 0.29) is 5.78 Å². The van der Waals surface area contributed by atoms with Crippen LogP contribution in [0, 0.1) is 0 Å². The van der Waals surface area contributed by atoms with Gasteiger partial charge >= 0.3 is 0 Å². The number of rotatable bonds is 6. The van der Waals surface area contributed by atoms with Crippen LogP contribution in [0.25, 0.3) is 0 Å². The molecule has 1 aromatic carbocycles. The molecule has 0 aliphatic carbocycles. The van der Waals surface area contributed by atoms with Crippen LogP contribution in [0.3, 0.4) is 0 Å². The summed E-state index contributed by atoms with van der Waals surface area (Å²) in [5.41, 5.74) is 0.795. The summed E-state index contributed by atoms with van der Waals surface area (Å²) in [6, 6.07) is 7.79. The number of thioether (sulfide) groups is 1. The van der Waals surface area contributed by atoms with Crippen LogP contribution in [0.4, 0.5) is 0 Å². The van der Waals surface area contributed by atoms with Gasteiger partial charge in [0.1, 0.15) is 0 Å². The summed E-state index contributed by atoms with van der Waals surface area (Å²) in [5, 5.41) is 0. The molecule has 0 radical (unpaired) electrons. The van der Waals surface area contributed by atoms with Gasteiger partial charge in [0, 0.05) is 36.8 Å². The third-order valence-electron chi connectivity index (χ3n) is 2.14. The lowest BCUT2D eigenvalue weighted by molar-refractivity contribution is 0.104. The van der Waals surface area contributed by atoms with E-state index in [0.717, 1.165) is 22.6 Å². The summed E-state index contributed by atoms with van der Waals surface area (Å²) < 4.78 is 0. The fraction of sp³-hybridized carbons (Fsp3) is 0.357. The number of nitrogens with zero attached hydrogens (tertiary/aromatic N) is 1. The normalized spacial score (nSPS) is 10.8. The van der Waals surface area contributed by atoms with Crippen molar-refractivity contribution >= 4 is 17.5 Å². The minimum absolute atomic E-state index is 0.0675. The second-order valence-corrected chi connectivity index (χ2v) is 5.12. The molecular weight excluding hydrogens is 230 g/mol. The zero-order valence-electron chi connectivity index (χ0n) is 10.6. The van der Waals surface area contributed by atoms with Crippen LogP contribution in [0.5, 0.6) is 0 Å². The van der Waals surface area contributed by atoms with Crippen molar-refractivity contribution in [2.24, 2.45) is 0 Å². The van der Waals surface area contributed by atoms with Crippen molar-refractivity contribution in [2.45, 2.75) is 18.2 Å². The lowest BCUT2D eigenvalue weighted by Gasteiger charge is -2.06. The Kier molecular flexibility index (Phi) is 5.84. The second kappa shape index (κ2) is 7.17. The lowest BCUT2D eigenvalue weighted by atomic mass is 10.1. The molecule has 0 N–H and O–H groups in total. The Morgan fingerprint density at radius 2 is 2.06 bits per heavy atom. The molecule has 0 bridgehead atoms. The molecule has 0 fully saturated rings. The monoisotopic (exact) mass is 249 g/mol. The Labute approximate surface area is 108 Å². The van der Waals surface area contributed by atoms with E-state index in [0.29, 0.717) is 0 Å². The molecule has 1 rings (SSSR count). The van der Waals surface area contributed by atoms with Crippen molar-refractivity contribution in [2.75, 3.05) is 19.8 Å². The molecular formula is C14H19NOS. The van der Waals surface area contributed by atoms with Crippen LogP contribution in [-0.4, -0.2) is 30.5 Å². The van der Waals surface area contributed by atoms with Crippen LogP contribution >= 0.6 is 11.8 Å². The standard InChI is InChI=1S/C14H19NOS/c1-4-11-17-14-8-6-5-7-12(14)13(16)9-10-15(2)3/h5-10H,4,11H2,1-3H3/b10-9+. The number of allylic oxidation sites excluding steroid dienone is 1. The first-order valence-electron chi connectivity index (χ1n) is 5.76. The highest BCUT2D eigenvalue weighted by Crippen LogP contribution is 2.23. The molecule has 3 heteroatoms. The first kappa shape index (κ1) is 13.8. The van der Waals surface area contributed by atoms with Gasteiger partial charge in [-0.2, -0.15) is 0 Å². The molecule has 0 aromatic heterocycles. The molecule has 1 aromatic rings. The number of benzene rings is 1. The van der Waals surface area contributed by atoms with E-state index in [2.05, 4.69) is 6.92 Å². The molecule has 0 saturated carbocycles.